The number of fused-ring (bicyclic) bond motifs is 3. The number of halogens is 5. The standard InChI is InChI=1S/C26H27F5O/c1-2-3-4-5-16-6-10-21-18(12-16)7-8-19-13-17(9-11-22(19)21)20-14-23(27)25(24(28)15-20)32-26(29,30)31/h2-3,7-8,14-17H,4-6,9-13H2,1H3/b3-2+. The van der Waals surface area contributed by atoms with Gasteiger partial charge in [-0.2, -0.15) is 0 Å². The van der Waals surface area contributed by atoms with Gasteiger partial charge in [0, 0.05) is 0 Å². The highest BCUT2D eigenvalue weighted by Gasteiger charge is 2.35. The van der Waals surface area contributed by atoms with E-state index in [1.54, 1.807) is 0 Å². The van der Waals surface area contributed by atoms with Crippen LogP contribution in [0.1, 0.15) is 66.3 Å². The zero-order chi connectivity index (χ0) is 22.9. The van der Waals surface area contributed by atoms with E-state index in [-0.39, 0.29) is 5.92 Å². The Kier molecular flexibility index (Phi) is 6.59. The Morgan fingerprint density at radius 3 is 2.22 bits per heavy atom. The predicted octanol–water partition coefficient (Wildman–Crippen LogP) is 7.60. The van der Waals surface area contributed by atoms with Gasteiger partial charge in [0.2, 0.25) is 5.75 Å². The molecule has 2 unspecified atom stereocenters. The van der Waals surface area contributed by atoms with Crippen LogP contribution >= 0.6 is 0 Å². The van der Waals surface area contributed by atoms with Gasteiger partial charge < -0.3 is 4.74 Å². The quantitative estimate of drug-likeness (QED) is 0.337. The first-order valence-electron chi connectivity index (χ1n) is 11.2. The van der Waals surface area contributed by atoms with Crippen molar-refractivity contribution in [3.8, 4) is 5.75 Å². The summed E-state index contributed by atoms with van der Waals surface area (Å²) in [7, 11) is 0. The van der Waals surface area contributed by atoms with Crippen molar-refractivity contribution in [2.45, 2.75) is 70.6 Å². The minimum Gasteiger partial charge on any atom is -0.399 e. The number of hydrogen-bond donors (Lipinski definition) is 0. The molecule has 0 bridgehead atoms. The fourth-order valence-corrected chi connectivity index (χ4v) is 5.30. The van der Waals surface area contributed by atoms with Crippen molar-refractivity contribution in [2.24, 2.45) is 5.92 Å². The molecule has 0 saturated carbocycles. The van der Waals surface area contributed by atoms with Crippen LogP contribution in [0.25, 0.3) is 0 Å². The fourth-order valence-electron chi connectivity index (χ4n) is 5.30. The molecule has 0 amide bonds. The van der Waals surface area contributed by atoms with Gasteiger partial charge in [-0.3, -0.25) is 0 Å². The summed E-state index contributed by atoms with van der Waals surface area (Å²) in [6.07, 6.45) is 7.00. The number of rotatable bonds is 5. The van der Waals surface area contributed by atoms with E-state index >= 15 is 0 Å². The highest BCUT2D eigenvalue weighted by atomic mass is 19.4. The third kappa shape index (κ3) is 5.00. The maximum absolute atomic E-state index is 14.2. The molecule has 2 aliphatic rings. The normalized spacial score (nSPS) is 20.8. The van der Waals surface area contributed by atoms with E-state index in [4.69, 9.17) is 0 Å². The minimum atomic E-state index is -5.14. The first-order chi connectivity index (χ1) is 15.2. The first-order valence-corrected chi connectivity index (χ1v) is 11.2. The van der Waals surface area contributed by atoms with E-state index in [1.807, 2.05) is 6.92 Å². The summed E-state index contributed by atoms with van der Waals surface area (Å²) >= 11 is 0. The molecule has 0 aromatic heterocycles. The molecule has 2 aliphatic carbocycles. The van der Waals surface area contributed by atoms with Crippen LogP contribution in [0.2, 0.25) is 0 Å². The molecule has 0 aliphatic heterocycles. The molecule has 0 radical (unpaired) electrons. The van der Waals surface area contributed by atoms with Crippen molar-refractivity contribution in [1.82, 2.24) is 0 Å². The Morgan fingerprint density at radius 1 is 0.969 bits per heavy atom. The average Bonchev–Trinajstić information content (AvgIpc) is 2.75. The van der Waals surface area contributed by atoms with Crippen molar-refractivity contribution >= 4 is 0 Å². The predicted molar refractivity (Wildman–Crippen MR) is 114 cm³/mol. The van der Waals surface area contributed by atoms with Gasteiger partial charge in [-0.05, 0) is 110 Å². The Morgan fingerprint density at radius 2 is 1.59 bits per heavy atom. The lowest BCUT2D eigenvalue weighted by molar-refractivity contribution is -0.276. The second-order valence-electron chi connectivity index (χ2n) is 8.90. The van der Waals surface area contributed by atoms with E-state index in [9.17, 15) is 22.0 Å². The summed E-state index contributed by atoms with van der Waals surface area (Å²) in [5.74, 6) is -3.47. The van der Waals surface area contributed by atoms with Crippen LogP contribution < -0.4 is 4.74 Å². The van der Waals surface area contributed by atoms with Gasteiger partial charge in [0.1, 0.15) is 0 Å². The van der Waals surface area contributed by atoms with Crippen molar-refractivity contribution in [3.63, 3.8) is 0 Å². The summed E-state index contributed by atoms with van der Waals surface area (Å²) in [5, 5.41) is 0. The Balaban J connectivity index is 1.51. The molecule has 1 nitrogen and oxygen atoms in total. The topological polar surface area (TPSA) is 9.23 Å². The van der Waals surface area contributed by atoms with Crippen LogP contribution in [-0.2, 0) is 25.7 Å². The van der Waals surface area contributed by atoms with E-state index < -0.39 is 23.7 Å². The highest BCUT2D eigenvalue weighted by Crippen LogP contribution is 2.40. The average molecular weight is 450 g/mol. The number of benzene rings is 2. The molecule has 2 aromatic carbocycles. The van der Waals surface area contributed by atoms with Gasteiger partial charge in [-0.1, -0.05) is 24.3 Å². The van der Waals surface area contributed by atoms with Crippen LogP contribution in [0.3, 0.4) is 0 Å². The first kappa shape index (κ1) is 22.8. The number of allylic oxidation sites excluding steroid dienone is 2. The zero-order valence-corrected chi connectivity index (χ0v) is 18.1. The van der Waals surface area contributed by atoms with Gasteiger partial charge >= 0.3 is 6.36 Å². The molecule has 6 heteroatoms. The smallest absolute Gasteiger partial charge is 0.399 e. The number of hydrogen-bond acceptors (Lipinski definition) is 1. The van der Waals surface area contributed by atoms with Crippen molar-refractivity contribution < 1.29 is 26.7 Å². The molecule has 32 heavy (non-hydrogen) atoms. The number of ether oxygens (including phenoxy) is 1. The summed E-state index contributed by atoms with van der Waals surface area (Å²) in [4.78, 5) is 0. The molecule has 0 fully saturated rings. The Hall–Kier alpha value is -2.37. The van der Waals surface area contributed by atoms with E-state index in [0.717, 1.165) is 37.8 Å². The SMILES string of the molecule is C/C=C/CCC1CCc2c(ccc3c2CCC(c2cc(F)c(OC(F)(F)F)c(F)c2)C3)C1. The van der Waals surface area contributed by atoms with Crippen LogP contribution in [0.4, 0.5) is 22.0 Å². The second kappa shape index (κ2) is 9.24. The third-order valence-electron chi connectivity index (χ3n) is 6.83. The molecule has 0 saturated heterocycles. The maximum Gasteiger partial charge on any atom is 0.573 e. The Labute approximate surface area is 185 Å². The largest absolute Gasteiger partial charge is 0.573 e. The van der Waals surface area contributed by atoms with Gasteiger partial charge in [-0.15, -0.1) is 13.2 Å². The molecule has 0 heterocycles. The molecule has 172 valence electrons. The van der Waals surface area contributed by atoms with E-state index in [2.05, 4.69) is 29.0 Å². The van der Waals surface area contributed by atoms with Crippen LogP contribution in [-0.4, -0.2) is 6.36 Å². The number of alkyl halides is 3. The zero-order valence-electron chi connectivity index (χ0n) is 18.1. The second-order valence-corrected chi connectivity index (χ2v) is 8.90. The van der Waals surface area contributed by atoms with Gasteiger partial charge in [0.25, 0.3) is 0 Å². The van der Waals surface area contributed by atoms with Gasteiger partial charge in [0.05, 0.1) is 0 Å². The van der Waals surface area contributed by atoms with E-state index in [1.165, 1.54) is 35.1 Å². The monoisotopic (exact) mass is 450 g/mol. The van der Waals surface area contributed by atoms with Gasteiger partial charge in [0.15, 0.2) is 11.6 Å². The van der Waals surface area contributed by atoms with Crippen LogP contribution in [0.15, 0.2) is 36.4 Å². The van der Waals surface area contributed by atoms with E-state index in [0.29, 0.717) is 24.3 Å². The van der Waals surface area contributed by atoms with Gasteiger partial charge in [-0.25, -0.2) is 8.78 Å². The third-order valence-corrected chi connectivity index (χ3v) is 6.83. The fraction of sp³-hybridized carbons (Fsp3) is 0.462. The molecular formula is C26H27F5O. The maximum atomic E-state index is 14.2. The molecule has 4 rings (SSSR count). The highest BCUT2D eigenvalue weighted by molar-refractivity contribution is 5.46. The molecule has 0 spiro atoms. The summed E-state index contributed by atoms with van der Waals surface area (Å²) in [5.41, 5.74) is 5.79. The van der Waals surface area contributed by atoms with Crippen LogP contribution in [0.5, 0.6) is 5.75 Å². The lowest BCUT2D eigenvalue weighted by Crippen LogP contribution is -2.21. The van der Waals surface area contributed by atoms with Crippen LogP contribution in [0, 0.1) is 17.6 Å². The molecule has 0 N–H and O–H groups in total. The van der Waals surface area contributed by atoms with Crippen molar-refractivity contribution in [3.05, 3.63) is 75.9 Å². The van der Waals surface area contributed by atoms with Crippen molar-refractivity contribution in [2.75, 3.05) is 0 Å². The minimum absolute atomic E-state index is 0.137. The summed E-state index contributed by atoms with van der Waals surface area (Å²) in [6.45, 7) is 2.04. The summed E-state index contributed by atoms with van der Waals surface area (Å²) in [6, 6.07) is 6.28. The molecular weight excluding hydrogens is 423 g/mol. The molecule has 2 aromatic rings. The molecule has 2 atom stereocenters. The Bertz CT molecular complexity index is 985. The summed E-state index contributed by atoms with van der Waals surface area (Å²) < 4.78 is 69.1. The lowest BCUT2D eigenvalue weighted by Gasteiger charge is -2.32. The van der Waals surface area contributed by atoms with Crippen molar-refractivity contribution in [1.29, 1.82) is 0 Å². The lowest BCUT2D eigenvalue weighted by atomic mass is 9.73.